The van der Waals surface area contributed by atoms with E-state index in [2.05, 4.69) is 26.6 Å². The van der Waals surface area contributed by atoms with Gasteiger partial charge in [-0.2, -0.15) is 0 Å². The highest BCUT2D eigenvalue weighted by Gasteiger charge is 2.20. The summed E-state index contributed by atoms with van der Waals surface area (Å²) < 4.78 is 0.679. The molecule has 0 aliphatic rings. The number of carbonyl (C=O) groups is 2. The van der Waals surface area contributed by atoms with Gasteiger partial charge in [0, 0.05) is 16.6 Å². The van der Waals surface area contributed by atoms with Crippen molar-refractivity contribution in [2.45, 2.75) is 25.8 Å². The number of aliphatic hydroxyl groups is 1. The molecule has 5 nitrogen and oxygen atoms in total. The second-order valence-corrected chi connectivity index (χ2v) is 5.92. The van der Waals surface area contributed by atoms with Crippen molar-refractivity contribution in [3.05, 3.63) is 34.3 Å². The standard InChI is InChI=1S/C14H19BrN2O3/c1-14(2,7-8-18)17-12(19)9-16-13(20)10-5-3-4-6-11(10)15/h3-6,18H,7-9H2,1-2H3,(H,16,20)(H,17,19). The molecule has 0 bridgehead atoms. The van der Waals surface area contributed by atoms with Crippen molar-refractivity contribution in [1.29, 1.82) is 0 Å². The van der Waals surface area contributed by atoms with E-state index in [1.807, 2.05) is 19.9 Å². The molecule has 0 aliphatic heterocycles. The van der Waals surface area contributed by atoms with Crippen LogP contribution in [0.1, 0.15) is 30.6 Å². The third-order valence-electron chi connectivity index (χ3n) is 2.74. The molecule has 0 saturated carbocycles. The lowest BCUT2D eigenvalue weighted by Gasteiger charge is -2.25. The molecule has 0 unspecified atom stereocenters. The smallest absolute Gasteiger partial charge is 0.252 e. The molecule has 6 heteroatoms. The van der Waals surface area contributed by atoms with Crippen molar-refractivity contribution >= 4 is 27.7 Å². The summed E-state index contributed by atoms with van der Waals surface area (Å²) in [6.07, 6.45) is 0.455. The van der Waals surface area contributed by atoms with Gasteiger partial charge in [0.2, 0.25) is 5.91 Å². The van der Waals surface area contributed by atoms with Crippen molar-refractivity contribution in [2.24, 2.45) is 0 Å². The molecular weight excluding hydrogens is 324 g/mol. The van der Waals surface area contributed by atoms with Crippen molar-refractivity contribution in [2.75, 3.05) is 13.2 Å². The quantitative estimate of drug-likeness (QED) is 0.732. The van der Waals surface area contributed by atoms with Gasteiger partial charge < -0.3 is 15.7 Å². The molecule has 0 fully saturated rings. The number of aliphatic hydroxyl groups excluding tert-OH is 1. The SMILES string of the molecule is CC(C)(CCO)NC(=O)CNC(=O)c1ccccc1Br. The van der Waals surface area contributed by atoms with E-state index < -0.39 is 5.54 Å². The first-order valence-electron chi connectivity index (χ1n) is 6.30. The summed E-state index contributed by atoms with van der Waals surface area (Å²) in [5.74, 6) is -0.601. The topological polar surface area (TPSA) is 78.4 Å². The van der Waals surface area contributed by atoms with Crippen LogP contribution in [0.4, 0.5) is 0 Å². The van der Waals surface area contributed by atoms with Gasteiger partial charge in [-0.25, -0.2) is 0 Å². The number of rotatable bonds is 6. The fraction of sp³-hybridized carbons (Fsp3) is 0.429. The van der Waals surface area contributed by atoms with Crippen LogP contribution in [0.2, 0.25) is 0 Å². The van der Waals surface area contributed by atoms with E-state index >= 15 is 0 Å². The molecule has 0 spiro atoms. The Morgan fingerprint density at radius 2 is 1.95 bits per heavy atom. The molecule has 1 rings (SSSR count). The Labute approximate surface area is 126 Å². The summed E-state index contributed by atoms with van der Waals surface area (Å²) in [6, 6.07) is 7.00. The Kier molecular flexibility index (Phi) is 6.16. The molecule has 1 aromatic rings. The minimum atomic E-state index is -0.496. The molecule has 0 aliphatic carbocycles. The molecule has 0 saturated heterocycles. The molecule has 20 heavy (non-hydrogen) atoms. The second-order valence-electron chi connectivity index (χ2n) is 5.07. The van der Waals surface area contributed by atoms with Gasteiger partial charge in [0.15, 0.2) is 0 Å². The minimum Gasteiger partial charge on any atom is -0.396 e. The fourth-order valence-electron chi connectivity index (χ4n) is 1.66. The van der Waals surface area contributed by atoms with Crippen LogP contribution in [0, 0.1) is 0 Å². The third kappa shape index (κ3) is 5.30. The fourth-order valence-corrected chi connectivity index (χ4v) is 2.13. The zero-order valence-electron chi connectivity index (χ0n) is 11.6. The van der Waals surface area contributed by atoms with E-state index in [1.165, 1.54) is 0 Å². The largest absolute Gasteiger partial charge is 0.396 e. The summed E-state index contributed by atoms with van der Waals surface area (Å²) in [5.41, 5.74) is -0.0147. The molecule has 110 valence electrons. The Hall–Kier alpha value is -1.40. The van der Waals surface area contributed by atoms with Crippen LogP contribution in [0.15, 0.2) is 28.7 Å². The number of hydrogen-bond donors (Lipinski definition) is 3. The van der Waals surface area contributed by atoms with Crippen LogP contribution >= 0.6 is 15.9 Å². The Balaban J connectivity index is 2.49. The summed E-state index contributed by atoms with van der Waals surface area (Å²) >= 11 is 3.28. The van der Waals surface area contributed by atoms with Gasteiger partial charge in [-0.3, -0.25) is 9.59 Å². The molecule has 0 atom stereocenters. The van der Waals surface area contributed by atoms with Crippen LogP contribution in [-0.4, -0.2) is 35.6 Å². The van der Waals surface area contributed by atoms with E-state index in [-0.39, 0.29) is 25.0 Å². The van der Waals surface area contributed by atoms with Gasteiger partial charge in [-0.15, -0.1) is 0 Å². The monoisotopic (exact) mass is 342 g/mol. The summed E-state index contributed by atoms with van der Waals surface area (Å²) in [5, 5.41) is 14.2. The number of amides is 2. The Morgan fingerprint density at radius 3 is 2.55 bits per heavy atom. The maximum atomic E-state index is 11.9. The van der Waals surface area contributed by atoms with Crippen LogP contribution in [-0.2, 0) is 4.79 Å². The minimum absolute atomic E-state index is 0.00337. The van der Waals surface area contributed by atoms with E-state index in [1.54, 1.807) is 18.2 Å². The van der Waals surface area contributed by atoms with Crippen molar-refractivity contribution < 1.29 is 14.7 Å². The average Bonchev–Trinajstić information content (AvgIpc) is 2.35. The van der Waals surface area contributed by atoms with E-state index in [4.69, 9.17) is 5.11 Å². The van der Waals surface area contributed by atoms with Crippen molar-refractivity contribution in [3.63, 3.8) is 0 Å². The number of hydrogen-bond acceptors (Lipinski definition) is 3. The Bertz CT molecular complexity index is 489. The molecule has 0 aromatic heterocycles. The molecule has 0 radical (unpaired) electrons. The summed E-state index contributed by atoms with van der Waals surface area (Å²) in [6.45, 7) is 3.53. The normalized spacial score (nSPS) is 11.0. The van der Waals surface area contributed by atoms with Crippen LogP contribution < -0.4 is 10.6 Å². The predicted octanol–water partition coefficient (Wildman–Crippen LogP) is 1.46. The van der Waals surface area contributed by atoms with Gasteiger partial charge in [-0.05, 0) is 48.3 Å². The predicted molar refractivity (Wildman–Crippen MR) is 80.4 cm³/mol. The van der Waals surface area contributed by atoms with E-state index in [9.17, 15) is 9.59 Å². The van der Waals surface area contributed by atoms with Crippen LogP contribution in [0.25, 0.3) is 0 Å². The summed E-state index contributed by atoms with van der Waals surface area (Å²) in [4.78, 5) is 23.6. The highest BCUT2D eigenvalue weighted by molar-refractivity contribution is 9.10. The highest BCUT2D eigenvalue weighted by atomic mass is 79.9. The third-order valence-corrected chi connectivity index (χ3v) is 3.43. The maximum Gasteiger partial charge on any atom is 0.252 e. The van der Waals surface area contributed by atoms with Crippen LogP contribution in [0.5, 0.6) is 0 Å². The molecule has 2 amide bonds. The number of carbonyl (C=O) groups excluding carboxylic acids is 2. The summed E-state index contributed by atoms with van der Waals surface area (Å²) in [7, 11) is 0. The zero-order valence-corrected chi connectivity index (χ0v) is 13.2. The average molecular weight is 343 g/mol. The first kappa shape index (κ1) is 16.7. The van der Waals surface area contributed by atoms with E-state index in [0.29, 0.717) is 16.5 Å². The van der Waals surface area contributed by atoms with Crippen LogP contribution in [0.3, 0.4) is 0 Å². The second kappa shape index (κ2) is 7.40. The van der Waals surface area contributed by atoms with Crippen molar-refractivity contribution in [1.82, 2.24) is 10.6 Å². The van der Waals surface area contributed by atoms with Gasteiger partial charge in [0.05, 0.1) is 12.1 Å². The zero-order chi connectivity index (χ0) is 15.2. The maximum absolute atomic E-state index is 11.9. The van der Waals surface area contributed by atoms with Gasteiger partial charge in [0.1, 0.15) is 0 Å². The van der Waals surface area contributed by atoms with Crippen molar-refractivity contribution in [3.8, 4) is 0 Å². The van der Waals surface area contributed by atoms with Gasteiger partial charge >= 0.3 is 0 Å². The van der Waals surface area contributed by atoms with Gasteiger partial charge in [0.25, 0.3) is 5.91 Å². The lowest BCUT2D eigenvalue weighted by molar-refractivity contribution is -0.121. The first-order chi connectivity index (χ1) is 9.35. The highest BCUT2D eigenvalue weighted by Crippen LogP contribution is 2.15. The van der Waals surface area contributed by atoms with E-state index in [0.717, 1.165) is 0 Å². The molecule has 0 heterocycles. The number of nitrogens with one attached hydrogen (secondary N) is 2. The molecule has 1 aromatic carbocycles. The van der Waals surface area contributed by atoms with Gasteiger partial charge in [-0.1, -0.05) is 12.1 Å². The lowest BCUT2D eigenvalue weighted by Crippen LogP contribution is -2.48. The molecular formula is C14H19BrN2O3. The lowest BCUT2D eigenvalue weighted by atomic mass is 10.0. The number of halogens is 1. The Morgan fingerprint density at radius 1 is 1.30 bits per heavy atom. The molecule has 3 N–H and O–H groups in total. The number of benzene rings is 1. The first-order valence-corrected chi connectivity index (χ1v) is 7.09.